The quantitative estimate of drug-likeness (QED) is 0.632. The van der Waals surface area contributed by atoms with Crippen LogP contribution in [0, 0.1) is 0 Å². The highest BCUT2D eigenvalue weighted by atomic mass is 16.3. The van der Waals surface area contributed by atoms with E-state index in [1.807, 2.05) is 0 Å². The fraction of sp³-hybridized carbons (Fsp3) is 0.375. The Kier molecular flexibility index (Phi) is 2.74. The van der Waals surface area contributed by atoms with Gasteiger partial charge in [-0.3, -0.25) is 4.79 Å². The van der Waals surface area contributed by atoms with Crippen LogP contribution in [-0.4, -0.2) is 16.6 Å². The molecule has 0 aliphatic carbocycles. The number of aromatic nitrogens is 1. The van der Waals surface area contributed by atoms with Gasteiger partial charge in [-0.2, -0.15) is 0 Å². The lowest BCUT2D eigenvalue weighted by Gasteiger charge is -1.91. The van der Waals surface area contributed by atoms with Crippen molar-refractivity contribution < 1.29 is 14.0 Å². The summed E-state index contributed by atoms with van der Waals surface area (Å²) < 4.78 is 4.76. The third-order valence-electron chi connectivity index (χ3n) is 1.37. The first-order chi connectivity index (χ1) is 5.70. The average Bonchev–Trinajstić information content (AvgIpc) is 2.51. The molecular formula is C8H9NO3. The van der Waals surface area contributed by atoms with E-state index in [0.29, 0.717) is 0 Å². The summed E-state index contributed by atoms with van der Waals surface area (Å²) in [7, 11) is 0. The summed E-state index contributed by atoms with van der Waals surface area (Å²) in [6, 6.07) is 0. The number of rotatable bonds is 4. The van der Waals surface area contributed by atoms with Crippen LogP contribution in [-0.2, 0) is 4.79 Å². The van der Waals surface area contributed by atoms with E-state index in [9.17, 15) is 9.59 Å². The molecule has 0 amide bonds. The SMILES string of the molecule is CC(=O)CCC(=O)c1ncco1. The van der Waals surface area contributed by atoms with Gasteiger partial charge in [0.1, 0.15) is 12.0 Å². The summed E-state index contributed by atoms with van der Waals surface area (Å²) in [5.74, 6) is -0.152. The minimum atomic E-state index is -0.227. The number of carbonyl (C=O) groups excluding carboxylic acids is 2. The third-order valence-corrected chi connectivity index (χ3v) is 1.37. The highest BCUT2D eigenvalue weighted by molar-refractivity contribution is 5.94. The lowest BCUT2D eigenvalue weighted by Crippen LogP contribution is -2.02. The monoisotopic (exact) mass is 167 g/mol. The Hall–Kier alpha value is -1.45. The molecular weight excluding hydrogens is 158 g/mol. The Labute approximate surface area is 69.6 Å². The molecule has 0 aliphatic heterocycles. The van der Waals surface area contributed by atoms with E-state index in [0.717, 1.165) is 0 Å². The zero-order valence-electron chi connectivity index (χ0n) is 6.74. The van der Waals surface area contributed by atoms with Gasteiger partial charge in [0.15, 0.2) is 0 Å². The summed E-state index contributed by atoms with van der Waals surface area (Å²) in [6.07, 6.45) is 3.17. The van der Waals surface area contributed by atoms with Gasteiger partial charge >= 0.3 is 0 Å². The lowest BCUT2D eigenvalue weighted by molar-refractivity contribution is -0.116. The molecule has 0 fully saturated rings. The van der Waals surface area contributed by atoms with Crippen molar-refractivity contribution >= 4 is 11.6 Å². The number of carbonyl (C=O) groups is 2. The fourth-order valence-corrected chi connectivity index (χ4v) is 0.758. The first-order valence-corrected chi connectivity index (χ1v) is 3.62. The molecule has 0 aliphatic rings. The second-order valence-electron chi connectivity index (χ2n) is 2.46. The van der Waals surface area contributed by atoms with E-state index in [-0.39, 0.29) is 30.3 Å². The van der Waals surface area contributed by atoms with Crippen molar-refractivity contribution in [2.24, 2.45) is 0 Å². The normalized spacial score (nSPS) is 9.75. The summed E-state index contributed by atoms with van der Waals surface area (Å²) in [4.78, 5) is 25.3. The van der Waals surface area contributed by atoms with Gasteiger partial charge in [-0.05, 0) is 6.92 Å². The highest BCUT2D eigenvalue weighted by Gasteiger charge is 2.10. The zero-order valence-corrected chi connectivity index (χ0v) is 6.74. The van der Waals surface area contributed by atoms with Gasteiger partial charge in [0.05, 0.1) is 6.20 Å². The molecule has 4 heteroatoms. The predicted molar refractivity (Wildman–Crippen MR) is 40.7 cm³/mol. The number of oxazole rings is 1. The number of Topliss-reactive ketones (excluding diaryl/α,β-unsaturated/α-hetero) is 2. The first kappa shape index (κ1) is 8.64. The molecule has 12 heavy (non-hydrogen) atoms. The van der Waals surface area contributed by atoms with Crippen LogP contribution in [0.5, 0.6) is 0 Å². The van der Waals surface area contributed by atoms with E-state index >= 15 is 0 Å². The zero-order chi connectivity index (χ0) is 8.97. The molecule has 0 aromatic carbocycles. The molecule has 0 atom stereocenters. The van der Waals surface area contributed by atoms with Crippen LogP contribution >= 0.6 is 0 Å². The van der Waals surface area contributed by atoms with Crippen LogP contribution < -0.4 is 0 Å². The van der Waals surface area contributed by atoms with Crippen molar-refractivity contribution in [2.45, 2.75) is 19.8 Å². The molecule has 0 spiro atoms. The summed E-state index contributed by atoms with van der Waals surface area (Å²) in [5, 5.41) is 0. The van der Waals surface area contributed by atoms with Crippen molar-refractivity contribution in [3.8, 4) is 0 Å². The van der Waals surface area contributed by atoms with Gasteiger partial charge in [-0.15, -0.1) is 0 Å². The summed E-state index contributed by atoms with van der Waals surface area (Å²) in [6.45, 7) is 1.45. The Balaban J connectivity index is 2.45. The molecule has 0 bridgehead atoms. The van der Waals surface area contributed by atoms with Crippen LogP contribution in [0.25, 0.3) is 0 Å². The minimum Gasteiger partial charge on any atom is -0.442 e. The van der Waals surface area contributed by atoms with Crippen LogP contribution in [0.4, 0.5) is 0 Å². The van der Waals surface area contributed by atoms with E-state index in [1.54, 1.807) is 0 Å². The predicted octanol–water partition coefficient (Wildman–Crippen LogP) is 1.23. The molecule has 64 valence electrons. The standard InChI is InChI=1S/C8H9NO3/c1-6(10)2-3-7(11)8-9-4-5-12-8/h4-5H,2-3H2,1H3. The number of hydrogen-bond donors (Lipinski definition) is 0. The van der Waals surface area contributed by atoms with E-state index in [4.69, 9.17) is 4.42 Å². The average molecular weight is 167 g/mol. The van der Waals surface area contributed by atoms with Crippen LogP contribution in [0.1, 0.15) is 30.5 Å². The van der Waals surface area contributed by atoms with Gasteiger partial charge in [0.2, 0.25) is 5.78 Å². The maximum atomic E-state index is 11.1. The Bertz CT molecular complexity index is 277. The van der Waals surface area contributed by atoms with Crippen molar-refractivity contribution in [2.75, 3.05) is 0 Å². The smallest absolute Gasteiger partial charge is 0.263 e. The van der Waals surface area contributed by atoms with Crippen molar-refractivity contribution in [1.82, 2.24) is 4.98 Å². The van der Waals surface area contributed by atoms with Gasteiger partial charge in [0, 0.05) is 12.8 Å². The Morgan fingerprint density at radius 3 is 2.75 bits per heavy atom. The number of nitrogens with zero attached hydrogens (tertiary/aromatic N) is 1. The summed E-state index contributed by atoms with van der Waals surface area (Å²) >= 11 is 0. The van der Waals surface area contributed by atoms with Crippen molar-refractivity contribution in [1.29, 1.82) is 0 Å². The molecule has 1 rings (SSSR count). The van der Waals surface area contributed by atoms with Crippen LogP contribution in [0.15, 0.2) is 16.9 Å². The van der Waals surface area contributed by atoms with Crippen LogP contribution in [0.3, 0.4) is 0 Å². The molecule has 1 heterocycles. The van der Waals surface area contributed by atoms with Gasteiger partial charge in [-0.25, -0.2) is 4.98 Å². The number of ketones is 2. The lowest BCUT2D eigenvalue weighted by atomic mass is 10.2. The van der Waals surface area contributed by atoms with Crippen LogP contribution in [0.2, 0.25) is 0 Å². The molecule has 4 nitrogen and oxygen atoms in total. The molecule has 0 unspecified atom stereocenters. The molecule has 0 saturated heterocycles. The highest BCUT2D eigenvalue weighted by Crippen LogP contribution is 2.02. The second kappa shape index (κ2) is 3.80. The first-order valence-electron chi connectivity index (χ1n) is 3.62. The molecule has 1 aromatic heterocycles. The maximum Gasteiger partial charge on any atom is 0.263 e. The molecule has 0 N–H and O–H groups in total. The third kappa shape index (κ3) is 2.30. The minimum absolute atomic E-state index is 0.00472. The van der Waals surface area contributed by atoms with Crippen molar-refractivity contribution in [3.63, 3.8) is 0 Å². The largest absolute Gasteiger partial charge is 0.442 e. The van der Waals surface area contributed by atoms with E-state index in [2.05, 4.69) is 4.98 Å². The maximum absolute atomic E-state index is 11.1. The number of hydrogen-bond acceptors (Lipinski definition) is 4. The second-order valence-corrected chi connectivity index (χ2v) is 2.46. The van der Waals surface area contributed by atoms with Gasteiger partial charge in [0.25, 0.3) is 5.89 Å². The molecule has 0 radical (unpaired) electrons. The fourth-order valence-electron chi connectivity index (χ4n) is 0.758. The molecule has 0 saturated carbocycles. The van der Waals surface area contributed by atoms with Crippen molar-refractivity contribution in [3.05, 3.63) is 18.4 Å². The summed E-state index contributed by atoms with van der Waals surface area (Å²) in [5.41, 5.74) is 0. The van der Waals surface area contributed by atoms with E-state index < -0.39 is 0 Å². The Morgan fingerprint density at radius 1 is 1.50 bits per heavy atom. The molecule has 1 aromatic rings. The topological polar surface area (TPSA) is 60.2 Å². The van der Waals surface area contributed by atoms with Gasteiger partial charge in [-0.1, -0.05) is 0 Å². The van der Waals surface area contributed by atoms with E-state index in [1.165, 1.54) is 19.4 Å². The Morgan fingerprint density at radius 2 is 2.25 bits per heavy atom. The van der Waals surface area contributed by atoms with Gasteiger partial charge < -0.3 is 9.21 Å².